The molecule has 0 saturated heterocycles. The fourth-order valence-electron chi connectivity index (χ4n) is 1.87. The van der Waals surface area contributed by atoms with Gasteiger partial charge in [-0.05, 0) is 19.9 Å². The molecule has 5 heteroatoms. The highest BCUT2D eigenvalue weighted by atomic mass is 16.5. The summed E-state index contributed by atoms with van der Waals surface area (Å²) in [5.41, 5.74) is 1.56. The van der Waals surface area contributed by atoms with E-state index in [0.29, 0.717) is 17.1 Å². The van der Waals surface area contributed by atoms with E-state index in [-0.39, 0.29) is 5.57 Å². The van der Waals surface area contributed by atoms with E-state index in [9.17, 15) is 4.79 Å². The lowest BCUT2D eigenvalue weighted by atomic mass is 10.1. The molecule has 122 valence electrons. The molecular weight excluding hydrogens is 294 g/mol. The zero-order chi connectivity index (χ0) is 17.2. The SMILES string of the molecule is C=C(/C=C(C)\N=C/C)Oc1ccccc1/C(=C\OC)C(=O)OC. The minimum Gasteiger partial charge on any atom is -0.503 e. The Kier molecular flexibility index (Phi) is 7.33. The second-order valence-corrected chi connectivity index (χ2v) is 4.50. The number of allylic oxidation sites excluding steroid dienone is 2. The Morgan fingerprint density at radius 1 is 1.26 bits per heavy atom. The van der Waals surface area contributed by atoms with E-state index < -0.39 is 5.97 Å². The topological polar surface area (TPSA) is 57.1 Å². The van der Waals surface area contributed by atoms with Gasteiger partial charge in [-0.1, -0.05) is 24.8 Å². The highest BCUT2D eigenvalue weighted by Gasteiger charge is 2.17. The van der Waals surface area contributed by atoms with Crippen LogP contribution in [0.5, 0.6) is 5.75 Å². The molecule has 0 fully saturated rings. The summed E-state index contributed by atoms with van der Waals surface area (Å²) in [6.45, 7) is 7.51. The standard InChI is InChI=1S/C18H21NO4/c1-6-19-13(2)11-14(3)23-17-10-8-7-9-15(17)16(12-21-4)18(20)22-5/h6-12H,3H2,1-2,4-5H3/b13-11-,16-12+,19-6-. The van der Waals surface area contributed by atoms with E-state index in [1.807, 2.05) is 13.8 Å². The van der Waals surface area contributed by atoms with Crippen LogP contribution in [0.2, 0.25) is 0 Å². The number of aliphatic imine (C=N–C) groups is 1. The van der Waals surface area contributed by atoms with Gasteiger partial charge in [-0.3, -0.25) is 4.99 Å². The zero-order valence-corrected chi connectivity index (χ0v) is 13.8. The van der Waals surface area contributed by atoms with Gasteiger partial charge in [0.05, 0.1) is 20.5 Å². The number of hydrogen-bond acceptors (Lipinski definition) is 5. The predicted molar refractivity (Wildman–Crippen MR) is 91.1 cm³/mol. The van der Waals surface area contributed by atoms with Gasteiger partial charge in [-0.25, -0.2) is 4.79 Å². The van der Waals surface area contributed by atoms with Gasteiger partial charge in [-0.15, -0.1) is 0 Å². The Morgan fingerprint density at radius 2 is 1.96 bits per heavy atom. The average molecular weight is 315 g/mol. The third-order valence-electron chi connectivity index (χ3n) is 2.76. The van der Waals surface area contributed by atoms with Crippen molar-refractivity contribution >= 4 is 17.8 Å². The molecular formula is C18H21NO4. The van der Waals surface area contributed by atoms with Gasteiger partial charge in [0.15, 0.2) is 0 Å². The number of rotatable bonds is 7. The second-order valence-electron chi connectivity index (χ2n) is 4.50. The van der Waals surface area contributed by atoms with Crippen molar-refractivity contribution in [1.29, 1.82) is 0 Å². The highest BCUT2D eigenvalue weighted by Crippen LogP contribution is 2.28. The van der Waals surface area contributed by atoms with Crippen molar-refractivity contribution in [3.8, 4) is 5.75 Å². The highest BCUT2D eigenvalue weighted by molar-refractivity contribution is 6.16. The Labute approximate surface area is 136 Å². The first kappa shape index (κ1) is 18.2. The normalized spacial score (nSPS) is 12.2. The number of benzene rings is 1. The minimum atomic E-state index is -0.518. The molecule has 0 aliphatic heterocycles. The largest absolute Gasteiger partial charge is 0.503 e. The van der Waals surface area contributed by atoms with Gasteiger partial charge in [0.25, 0.3) is 0 Å². The van der Waals surface area contributed by atoms with Gasteiger partial charge in [0.1, 0.15) is 17.1 Å². The molecule has 0 aromatic heterocycles. The Balaban J connectivity index is 3.15. The molecule has 1 rings (SSSR count). The maximum Gasteiger partial charge on any atom is 0.341 e. The number of esters is 1. The number of nitrogens with zero attached hydrogens (tertiary/aromatic N) is 1. The smallest absolute Gasteiger partial charge is 0.341 e. The summed E-state index contributed by atoms with van der Waals surface area (Å²) in [5.74, 6) is 0.355. The summed E-state index contributed by atoms with van der Waals surface area (Å²) in [6, 6.07) is 7.07. The first-order valence-corrected chi connectivity index (χ1v) is 6.97. The van der Waals surface area contributed by atoms with Gasteiger partial charge in [0.2, 0.25) is 0 Å². The molecule has 0 atom stereocenters. The van der Waals surface area contributed by atoms with E-state index in [4.69, 9.17) is 14.2 Å². The zero-order valence-electron chi connectivity index (χ0n) is 13.8. The second kappa shape index (κ2) is 9.25. The van der Waals surface area contributed by atoms with Crippen LogP contribution in [0.3, 0.4) is 0 Å². The lowest BCUT2D eigenvalue weighted by Crippen LogP contribution is -2.06. The number of para-hydroxylation sites is 1. The van der Waals surface area contributed by atoms with Crippen LogP contribution in [0.25, 0.3) is 5.57 Å². The van der Waals surface area contributed by atoms with Crippen molar-refractivity contribution < 1.29 is 19.0 Å². The molecule has 5 nitrogen and oxygen atoms in total. The molecule has 0 unspecified atom stereocenters. The van der Waals surface area contributed by atoms with Crippen LogP contribution in [0.15, 0.2) is 59.6 Å². The summed E-state index contributed by atoms with van der Waals surface area (Å²) in [5, 5.41) is 0. The monoisotopic (exact) mass is 315 g/mol. The number of methoxy groups -OCH3 is 2. The van der Waals surface area contributed by atoms with Crippen LogP contribution in [-0.2, 0) is 14.3 Å². The van der Waals surface area contributed by atoms with E-state index in [1.54, 1.807) is 36.6 Å². The van der Waals surface area contributed by atoms with E-state index in [0.717, 1.165) is 5.70 Å². The predicted octanol–water partition coefficient (Wildman–Crippen LogP) is 3.73. The number of hydrogen-bond donors (Lipinski definition) is 0. The molecule has 0 saturated carbocycles. The summed E-state index contributed by atoms with van der Waals surface area (Å²) >= 11 is 0. The quantitative estimate of drug-likeness (QED) is 0.253. The van der Waals surface area contributed by atoms with Crippen molar-refractivity contribution in [1.82, 2.24) is 0 Å². The Bertz CT molecular complexity index is 657. The summed E-state index contributed by atoms with van der Waals surface area (Å²) < 4.78 is 15.5. The first-order chi connectivity index (χ1) is 11.0. The average Bonchev–Trinajstić information content (AvgIpc) is 2.52. The van der Waals surface area contributed by atoms with Crippen molar-refractivity contribution in [2.24, 2.45) is 4.99 Å². The summed E-state index contributed by atoms with van der Waals surface area (Å²) in [6.07, 6.45) is 4.71. The number of ether oxygens (including phenoxy) is 3. The fraction of sp³-hybridized carbons (Fsp3) is 0.222. The molecule has 0 radical (unpaired) electrons. The lowest BCUT2D eigenvalue weighted by Gasteiger charge is -2.12. The minimum absolute atomic E-state index is 0.255. The van der Waals surface area contributed by atoms with Crippen LogP contribution in [0.1, 0.15) is 19.4 Å². The van der Waals surface area contributed by atoms with Crippen molar-refractivity contribution in [3.63, 3.8) is 0 Å². The Morgan fingerprint density at radius 3 is 2.57 bits per heavy atom. The fourth-order valence-corrected chi connectivity index (χ4v) is 1.87. The molecule has 0 heterocycles. The van der Waals surface area contributed by atoms with Crippen LogP contribution >= 0.6 is 0 Å². The van der Waals surface area contributed by atoms with Crippen LogP contribution in [-0.4, -0.2) is 26.4 Å². The van der Waals surface area contributed by atoms with Crippen LogP contribution < -0.4 is 4.74 Å². The van der Waals surface area contributed by atoms with Crippen LogP contribution in [0.4, 0.5) is 0 Å². The maximum atomic E-state index is 11.9. The van der Waals surface area contributed by atoms with Crippen LogP contribution in [0, 0.1) is 0 Å². The van der Waals surface area contributed by atoms with Gasteiger partial charge in [-0.2, -0.15) is 0 Å². The molecule has 0 N–H and O–H groups in total. The molecule has 23 heavy (non-hydrogen) atoms. The van der Waals surface area contributed by atoms with Gasteiger partial charge in [0, 0.05) is 23.6 Å². The molecule has 0 aliphatic rings. The number of carbonyl (C=O) groups is 1. The Hall–Kier alpha value is -2.82. The summed E-state index contributed by atoms with van der Waals surface area (Å²) in [4.78, 5) is 16.0. The molecule has 0 aliphatic carbocycles. The first-order valence-electron chi connectivity index (χ1n) is 6.97. The molecule has 0 amide bonds. The lowest BCUT2D eigenvalue weighted by molar-refractivity contribution is -0.133. The van der Waals surface area contributed by atoms with Crippen molar-refractivity contribution in [2.75, 3.05) is 14.2 Å². The molecule has 0 bridgehead atoms. The van der Waals surface area contributed by atoms with Crippen molar-refractivity contribution in [3.05, 3.63) is 60.2 Å². The third kappa shape index (κ3) is 5.47. The molecule has 1 aromatic carbocycles. The van der Waals surface area contributed by atoms with E-state index in [1.165, 1.54) is 20.5 Å². The van der Waals surface area contributed by atoms with Gasteiger partial charge >= 0.3 is 5.97 Å². The van der Waals surface area contributed by atoms with E-state index >= 15 is 0 Å². The molecule has 1 aromatic rings. The van der Waals surface area contributed by atoms with E-state index in [2.05, 4.69) is 11.6 Å². The molecule has 0 spiro atoms. The van der Waals surface area contributed by atoms with Gasteiger partial charge < -0.3 is 14.2 Å². The third-order valence-corrected chi connectivity index (χ3v) is 2.76. The van der Waals surface area contributed by atoms with Crippen molar-refractivity contribution in [2.45, 2.75) is 13.8 Å². The maximum absolute atomic E-state index is 11.9. The summed E-state index contributed by atoms with van der Waals surface area (Å²) in [7, 11) is 2.77. The number of carbonyl (C=O) groups excluding carboxylic acids is 1.